The Morgan fingerprint density at radius 1 is 1.04 bits per heavy atom. The molecule has 2 amide bonds. The van der Waals surface area contributed by atoms with Crippen molar-refractivity contribution in [2.75, 3.05) is 45.8 Å². The molecular formula is C21H34N4O2. The molecule has 0 saturated carbocycles. The Labute approximate surface area is 163 Å². The fraction of sp³-hybridized carbons (Fsp3) is 0.619. The van der Waals surface area contributed by atoms with Crippen LogP contribution in [0.4, 0.5) is 0 Å². The lowest BCUT2D eigenvalue weighted by Gasteiger charge is -2.34. The minimum atomic E-state index is 0.0755. The van der Waals surface area contributed by atoms with Crippen molar-refractivity contribution in [3.8, 4) is 0 Å². The zero-order valence-corrected chi connectivity index (χ0v) is 17.0. The molecule has 6 heteroatoms. The molecule has 0 radical (unpaired) electrons. The first kappa shape index (κ1) is 21.4. The molecule has 1 saturated heterocycles. The zero-order valence-electron chi connectivity index (χ0n) is 17.0. The Morgan fingerprint density at radius 3 is 2.22 bits per heavy atom. The molecule has 1 fully saturated rings. The third-order valence-corrected chi connectivity index (χ3v) is 5.20. The van der Waals surface area contributed by atoms with E-state index >= 15 is 0 Å². The van der Waals surface area contributed by atoms with Gasteiger partial charge in [-0.3, -0.25) is 19.4 Å². The monoisotopic (exact) mass is 374 g/mol. The summed E-state index contributed by atoms with van der Waals surface area (Å²) in [6.07, 6.45) is 1.80. The SMILES string of the molecule is CCC(C)NC(=O)CN1CCN(CC(=O)NCCc2ccccc2C)CC1. The second kappa shape index (κ2) is 11.0. The lowest BCUT2D eigenvalue weighted by molar-refractivity contribution is -0.125. The molecule has 1 aliphatic heterocycles. The van der Waals surface area contributed by atoms with E-state index in [1.54, 1.807) is 0 Å². The maximum Gasteiger partial charge on any atom is 0.234 e. The Kier molecular flexibility index (Phi) is 8.75. The van der Waals surface area contributed by atoms with Crippen LogP contribution in [-0.4, -0.2) is 73.5 Å². The van der Waals surface area contributed by atoms with Gasteiger partial charge in [0, 0.05) is 38.8 Å². The first-order valence-electron chi connectivity index (χ1n) is 10.0. The van der Waals surface area contributed by atoms with Crippen LogP contribution in [0.25, 0.3) is 0 Å². The van der Waals surface area contributed by atoms with Gasteiger partial charge in [0.05, 0.1) is 13.1 Å². The Bertz CT molecular complexity index is 612. The fourth-order valence-electron chi connectivity index (χ4n) is 3.22. The molecule has 0 aliphatic carbocycles. The molecule has 1 aromatic carbocycles. The van der Waals surface area contributed by atoms with E-state index in [-0.39, 0.29) is 17.9 Å². The van der Waals surface area contributed by atoms with Crippen molar-refractivity contribution in [2.45, 2.75) is 39.7 Å². The van der Waals surface area contributed by atoms with Crippen LogP contribution in [0, 0.1) is 6.92 Å². The van der Waals surface area contributed by atoms with E-state index in [0.717, 1.165) is 39.0 Å². The van der Waals surface area contributed by atoms with Crippen LogP contribution in [0.1, 0.15) is 31.4 Å². The van der Waals surface area contributed by atoms with E-state index in [2.05, 4.69) is 46.4 Å². The predicted molar refractivity (Wildman–Crippen MR) is 109 cm³/mol. The molecule has 0 aromatic heterocycles. The number of hydrogen-bond donors (Lipinski definition) is 2. The average Bonchev–Trinajstić information content (AvgIpc) is 2.64. The maximum absolute atomic E-state index is 12.2. The van der Waals surface area contributed by atoms with E-state index in [1.165, 1.54) is 11.1 Å². The van der Waals surface area contributed by atoms with Gasteiger partial charge < -0.3 is 10.6 Å². The van der Waals surface area contributed by atoms with Crippen molar-refractivity contribution >= 4 is 11.8 Å². The summed E-state index contributed by atoms with van der Waals surface area (Å²) in [5.41, 5.74) is 2.54. The summed E-state index contributed by atoms with van der Waals surface area (Å²) in [4.78, 5) is 28.5. The molecule has 1 atom stereocenters. The van der Waals surface area contributed by atoms with Crippen LogP contribution in [-0.2, 0) is 16.0 Å². The van der Waals surface area contributed by atoms with Crippen LogP contribution < -0.4 is 10.6 Å². The highest BCUT2D eigenvalue weighted by molar-refractivity contribution is 5.78. The highest BCUT2D eigenvalue weighted by Gasteiger charge is 2.20. The lowest BCUT2D eigenvalue weighted by atomic mass is 10.1. The molecule has 2 rings (SSSR count). The number of carbonyl (C=O) groups excluding carboxylic acids is 2. The summed E-state index contributed by atoms with van der Waals surface area (Å²) in [6.45, 7) is 11.0. The van der Waals surface area contributed by atoms with Gasteiger partial charge in [-0.1, -0.05) is 31.2 Å². The summed E-state index contributed by atoms with van der Waals surface area (Å²) in [5, 5.41) is 6.02. The van der Waals surface area contributed by atoms with Crippen LogP contribution in [0.3, 0.4) is 0 Å². The van der Waals surface area contributed by atoms with E-state index in [1.807, 2.05) is 19.1 Å². The average molecular weight is 375 g/mol. The lowest BCUT2D eigenvalue weighted by Crippen LogP contribution is -2.52. The molecule has 0 spiro atoms. The largest absolute Gasteiger partial charge is 0.355 e. The fourth-order valence-corrected chi connectivity index (χ4v) is 3.22. The number of nitrogens with zero attached hydrogens (tertiary/aromatic N) is 2. The first-order chi connectivity index (χ1) is 13.0. The summed E-state index contributed by atoms with van der Waals surface area (Å²) in [6, 6.07) is 8.50. The molecule has 2 N–H and O–H groups in total. The quantitative estimate of drug-likeness (QED) is 0.681. The van der Waals surface area contributed by atoms with E-state index in [9.17, 15) is 9.59 Å². The van der Waals surface area contributed by atoms with Crippen molar-refractivity contribution in [1.82, 2.24) is 20.4 Å². The third-order valence-electron chi connectivity index (χ3n) is 5.20. The summed E-state index contributed by atoms with van der Waals surface area (Å²) in [5.74, 6) is 0.165. The minimum Gasteiger partial charge on any atom is -0.355 e. The smallest absolute Gasteiger partial charge is 0.234 e. The van der Waals surface area contributed by atoms with Crippen molar-refractivity contribution in [2.24, 2.45) is 0 Å². The van der Waals surface area contributed by atoms with Gasteiger partial charge in [0.1, 0.15) is 0 Å². The number of hydrogen-bond acceptors (Lipinski definition) is 4. The molecule has 1 unspecified atom stereocenters. The predicted octanol–water partition coefficient (Wildman–Crippen LogP) is 1.19. The van der Waals surface area contributed by atoms with Crippen molar-refractivity contribution in [1.29, 1.82) is 0 Å². The highest BCUT2D eigenvalue weighted by atomic mass is 16.2. The van der Waals surface area contributed by atoms with Gasteiger partial charge in [0.25, 0.3) is 0 Å². The third kappa shape index (κ3) is 7.69. The van der Waals surface area contributed by atoms with Gasteiger partial charge in [-0.05, 0) is 37.8 Å². The first-order valence-corrected chi connectivity index (χ1v) is 10.0. The van der Waals surface area contributed by atoms with Gasteiger partial charge in [-0.15, -0.1) is 0 Å². The number of nitrogens with one attached hydrogen (secondary N) is 2. The molecule has 1 heterocycles. The number of piperazine rings is 1. The van der Waals surface area contributed by atoms with Crippen LogP contribution in [0.15, 0.2) is 24.3 Å². The van der Waals surface area contributed by atoms with Gasteiger partial charge in [0.15, 0.2) is 0 Å². The Balaban J connectivity index is 1.61. The number of carbonyl (C=O) groups is 2. The standard InChI is InChI=1S/C21H34N4O2/c1-4-18(3)23-21(27)16-25-13-11-24(12-14-25)15-20(26)22-10-9-19-8-6-5-7-17(19)2/h5-8,18H,4,9-16H2,1-3H3,(H,22,26)(H,23,27). The Hall–Kier alpha value is -1.92. The van der Waals surface area contributed by atoms with E-state index in [0.29, 0.717) is 19.6 Å². The van der Waals surface area contributed by atoms with Gasteiger partial charge in [-0.2, -0.15) is 0 Å². The second-order valence-electron chi connectivity index (χ2n) is 7.46. The van der Waals surface area contributed by atoms with E-state index < -0.39 is 0 Å². The highest BCUT2D eigenvalue weighted by Crippen LogP contribution is 2.07. The van der Waals surface area contributed by atoms with Gasteiger partial charge in [0.2, 0.25) is 11.8 Å². The second-order valence-corrected chi connectivity index (χ2v) is 7.46. The van der Waals surface area contributed by atoms with Crippen molar-refractivity contribution in [3.63, 3.8) is 0 Å². The molecule has 1 aliphatic rings. The number of aryl methyl sites for hydroxylation is 1. The molecule has 150 valence electrons. The minimum absolute atomic E-state index is 0.0755. The summed E-state index contributed by atoms with van der Waals surface area (Å²) >= 11 is 0. The number of benzene rings is 1. The number of amides is 2. The molecule has 0 bridgehead atoms. The summed E-state index contributed by atoms with van der Waals surface area (Å²) in [7, 11) is 0. The van der Waals surface area contributed by atoms with Gasteiger partial charge in [-0.25, -0.2) is 0 Å². The maximum atomic E-state index is 12.2. The molecule has 6 nitrogen and oxygen atoms in total. The topological polar surface area (TPSA) is 64.7 Å². The van der Waals surface area contributed by atoms with Crippen LogP contribution >= 0.6 is 0 Å². The molecule has 27 heavy (non-hydrogen) atoms. The van der Waals surface area contributed by atoms with Crippen LogP contribution in [0.5, 0.6) is 0 Å². The molecule has 1 aromatic rings. The summed E-state index contributed by atoms with van der Waals surface area (Å²) < 4.78 is 0. The molecular weight excluding hydrogens is 340 g/mol. The normalized spacial score (nSPS) is 16.7. The van der Waals surface area contributed by atoms with Crippen LogP contribution in [0.2, 0.25) is 0 Å². The van der Waals surface area contributed by atoms with Crippen molar-refractivity contribution < 1.29 is 9.59 Å². The van der Waals surface area contributed by atoms with E-state index in [4.69, 9.17) is 0 Å². The van der Waals surface area contributed by atoms with Crippen molar-refractivity contribution in [3.05, 3.63) is 35.4 Å². The number of rotatable bonds is 9. The van der Waals surface area contributed by atoms with Gasteiger partial charge >= 0.3 is 0 Å². The zero-order chi connectivity index (χ0) is 19.6. The Morgan fingerprint density at radius 2 is 1.63 bits per heavy atom.